The summed E-state index contributed by atoms with van der Waals surface area (Å²) in [6, 6.07) is 17.3. The Hall–Kier alpha value is -2.13. The highest BCUT2D eigenvalue weighted by Gasteiger charge is 2.05. The Morgan fingerprint density at radius 2 is 2.00 bits per heavy atom. The summed E-state index contributed by atoms with van der Waals surface area (Å²) >= 11 is 0. The number of carbonyl (C=O) groups excluding carboxylic acids is 1. The highest BCUT2D eigenvalue weighted by atomic mass is 16.1. The molecule has 3 nitrogen and oxygen atoms in total. The molecule has 0 aliphatic rings. The lowest BCUT2D eigenvalue weighted by atomic mass is 10.1. The van der Waals surface area contributed by atoms with Crippen molar-refractivity contribution in [1.82, 2.24) is 0 Å². The number of anilines is 1. The van der Waals surface area contributed by atoms with Gasteiger partial charge in [-0.25, -0.2) is 0 Å². The van der Waals surface area contributed by atoms with Crippen molar-refractivity contribution in [3.63, 3.8) is 0 Å². The molecule has 2 aromatic rings. The molecule has 1 amide bonds. The summed E-state index contributed by atoms with van der Waals surface area (Å²) in [6.07, 6.45) is 0. The van der Waals surface area contributed by atoms with Crippen LogP contribution in [-0.4, -0.2) is 5.91 Å². The maximum Gasteiger partial charge on any atom is 0.255 e. The van der Waals surface area contributed by atoms with Crippen molar-refractivity contribution in [1.29, 1.82) is 0 Å². The SMILES string of the molecule is NCc1cccc(C(=O)Nc2cc[c]cc2)c1. The predicted octanol–water partition coefficient (Wildman–Crippen LogP) is 2.20. The van der Waals surface area contributed by atoms with Gasteiger partial charge in [0.15, 0.2) is 0 Å². The number of hydrogen-bond donors (Lipinski definition) is 2. The number of nitrogens with two attached hydrogens (primary N) is 1. The maximum absolute atomic E-state index is 11.9. The molecule has 1 radical (unpaired) electrons. The molecule has 0 atom stereocenters. The molecule has 2 aromatic carbocycles. The third kappa shape index (κ3) is 2.92. The van der Waals surface area contributed by atoms with Gasteiger partial charge in [0.05, 0.1) is 0 Å². The van der Waals surface area contributed by atoms with E-state index in [-0.39, 0.29) is 5.91 Å². The lowest BCUT2D eigenvalue weighted by Crippen LogP contribution is -2.12. The molecule has 2 rings (SSSR count). The number of rotatable bonds is 3. The smallest absolute Gasteiger partial charge is 0.255 e. The summed E-state index contributed by atoms with van der Waals surface area (Å²) in [7, 11) is 0. The topological polar surface area (TPSA) is 55.1 Å². The molecule has 3 heteroatoms. The van der Waals surface area contributed by atoms with Crippen LogP contribution in [0.4, 0.5) is 5.69 Å². The Bertz CT molecular complexity index is 509. The zero-order valence-corrected chi connectivity index (χ0v) is 9.31. The van der Waals surface area contributed by atoms with E-state index >= 15 is 0 Å². The van der Waals surface area contributed by atoms with E-state index in [0.717, 1.165) is 11.3 Å². The molecule has 0 bridgehead atoms. The van der Waals surface area contributed by atoms with Gasteiger partial charge in [0.2, 0.25) is 0 Å². The average Bonchev–Trinajstić information content (AvgIpc) is 2.40. The third-order valence-electron chi connectivity index (χ3n) is 2.40. The van der Waals surface area contributed by atoms with Crippen LogP contribution in [0.1, 0.15) is 15.9 Å². The van der Waals surface area contributed by atoms with Crippen LogP contribution in [-0.2, 0) is 6.54 Å². The van der Waals surface area contributed by atoms with E-state index in [1.54, 1.807) is 36.4 Å². The van der Waals surface area contributed by atoms with E-state index in [1.807, 2.05) is 12.1 Å². The lowest BCUT2D eigenvalue weighted by molar-refractivity contribution is 0.102. The molecular formula is C14H13N2O. The summed E-state index contributed by atoms with van der Waals surface area (Å²) in [5.74, 6) is -0.133. The van der Waals surface area contributed by atoms with Gasteiger partial charge in [0.1, 0.15) is 0 Å². The van der Waals surface area contributed by atoms with Crippen LogP contribution in [0.25, 0.3) is 0 Å². The van der Waals surface area contributed by atoms with Crippen molar-refractivity contribution in [2.24, 2.45) is 5.73 Å². The molecule has 17 heavy (non-hydrogen) atoms. The Morgan fingerprint density at radius 3 is 2.71 bits per heavy atom. The normalized spacial score (nSPS) is 9.94. The van der Waals surface area contributed by atoms with Crippen LogP contribution in [0.5, 0.6) is 0 Å². The third-order valence-corrected chi connectivity index (χ3v) is 2.40. The van der Waals surface area contributed by atoms with Gasteiger partial charge >= 0.3 is 0 Å². The van der Waals surface area contributed by atoms with Gasteiger partial charge in [-0.05, 0) is 35.9 Å². The highest BCUT2D eigenvalue weighted by Crippen LogP contribution is 2.09. The quantitative estimate of drug-likeness (QED) is 0.841. The van der Waals surface area contributed by atoms with Gasteiger partial charge in [-0.15, -0.1) is 0 Å². The number of hydrogen-bond acceptors (Lipinski definition) is 2. The fourth-order valence-electron chi connectivity index (χ4n) is 1.51. The molecule has 0 unspecified atom stereocenters. The monoisotopic (exact) mass is 225 g/mol. The minimum absolute atomic E-state index is 0.133. The molecule has 0 fully saturated rings. The van der Waals surface area contributed by atoms with E-state index in [2.05, 4.69) is 11.4 Å². The molecule has 0 aliphatic heterocycles. The minimum atomic E-state index is -0.133. The van der Waals surface area contributed by atoms with Crippen molar-refractivity contribution >= 4 is 11.6 Å². The fourth-order valence-corrected chi connectivity index (χ4v) is 1.51. The van der Waals surface area contributed by atoms with E-state index < -0.39 is 0 Å². The zero-order valence-electron chi connectivity index (χ0n) is 9.31. The first-order valence-electron chi connectivity index (χ1n) is 5.36. The summed E-state index contributed by atoms with van der Waals surface area (Å²) < 4.78 is 0. The van der Waals surface area contributed by atoms with Crippen LogP contribution in [0.2, 0.25) is 0 Å². The number of amides is 1. The van der Waals surface area contributed by atoms with Crippen molar-refractivity contribution in [3.05, 3.63) is 65.7 Å². The lowest BCUT2D eigenvalue weighted by Gasteiger charge is -2.05. The summed E-state index contributed by atoms with van der Waals surface area (Å²) in [5, 5.41) is 2.81. The van der Waals surface area contributed by atoms with Crippen molar-refractivity contribution < 1.29 is 4.79 Å². The molecule has 85 valence electrons. The van der Waals surface area contributed by atoms with E-state index in [0.29, 0.717) is 12.1 Å². The molecular weight excluding hydrogens is 212 g/mol. The van der Waals surface area contributed by atoms with Gasteiger partial charge in [0, 0.05) is 17.8 Å². The number of benzene rings is 2. The van der Waals surface area contributed by atoms with Crippen molar-refractivity contribution in [2.75, 3.05) is 5.32 Å². The Balaban J connectivity index is 2.14. The van der Waals surface area contributed by atoms with Crippen LogP contribution < -0.4 is 11.1 Å². The van der Waals surface area contributed by atoms with Crippen molar-refractivity contribution in [2.45, 2.75) is 6.54 Å². The first kappa shape index (κ1) is 11.4. The zero-order chi connectivity index (χ0) is 12.1. The summed E-state index contributed by atoms with van der Waals surface area (Å²) in [5.41, 5.74) is 7.85. The number of nitrogens with one attached hydrogen (secondary N) is 1. The minimum Gasteiger partial charge on any atom is -0.326 e. The second-order valence-corrected chi connectivity index (χ2v) is 3.65. The predicted molar refractivity (Wildman–Crippen MR) is 67.6 cm³/mol. The standard InChI is InChI=1S/C14H13N2O/c15-10-11-5-4-6-12(9-11)14(17)16-13-7-2-1-3-8-13/h2-9H,10,15H2,(H,16,17). The van der Waals surface area contributed by atoms with Gasteiger partial charge in [-0.1, -0.05) is 24.3 Å². The molecule has 0 spiro atoms. The first-order valence-corrected chi connectivity index (χ1v) is 5.36. The first-order chi connectivity index (χ1) is 8.29. The van der Waals surface area contributed by atoms with Gasteiger partial charge < -0.3 is 11.1 Å². The fraction of sp³-hybridized carbons (Fsp3) is 0.0714. The molecule has 0 saturated heterocycles. The van der Waals surface area contributed by atoms with E-state index in [4.69, 9.17) is 5.73 Å². The molecule has 3 N–H and O–H groups in total. The van der Waals surface area contributed by atoms with Crippen LogP contribution in [0.3, 0.4) is 0 Å². The Kier molecular flexibility index (Phi) is 3.52. The van der Waals surface area contributed by atoms with Crippen LogP contribution in [0, 0.1) is 6.07 Å². The highest BCUT2D eigenvalue weighted by molar-refractivity contribution is 6.04. The van der Waals surface area contributed by atoms with Crippen LogP contribution >= 0.6 is 0 Å². The maximum atomic E-state index is 11.9. The summed E-state index contributed by atoms with van der Waals surface area (Å²) in [4.78, 5) is 11.9. The van der Waals surface area contributed by atoms with Gasteiger partial charge in [-0.3, -0.25) is 4.79 Å². The van der Waals surface area contributed by atoms with E-state index in [1.165, 1.54) is 0 Å². The van der Waals surface area contributed by atoms with E-state index in [9.17, 15) is 4.79 Å². The number of carbonyl (C=O) groups is 1. The summed E-state index contributed by atoms with van der Waals surface area (Å²) in [6.45, 7) is 0.432. The largest absolute Gasteiger partial charge is 0.326 e. The second kappa shape index (κ2) is 5.27. The molecule has 0 heterocycles. The van der Waals surface area contributed by atoms with Gasteiger partial charge in [-0.2, -0.15) is 0 Å². The van der Waals surface area contributed by atoms with Crippen molar-refractivity contribution in [3.8, 4) is 0 Å². The molecule has 0 aliphatic carbocycles. The Morgan fingerprint density at radius 1 is 1.24 bits per heavy atom. The average molecular weight is 225 g/mol. The van der Waals surface area contributed by atoms with Crippen LogP contribution in [0.15, 0.2) is 48.5 Å². The Labute approximate surface area is 100 Å². The second-order valence-electron chi connectivity index (χ2n) is 3.65. The molecule has 0 saturated carbocycles. The molecule has 0 aromatic heterocycles. The van der Waals surface area contributed by atoms with Gasteiger partial charge in [0.25, 0.3) is 5.91 Å².